The average molecular weight is 590 g/mol. The van der Waals surface area contributed by atoms with Crippen LogP contribution in [-0.4, -0.2) is 27.2 Å². The molecular formula is C32H23ClF3N3O3. The number of hydrogen-bond donors (Lipinski definition) is 1. The molecule has 2 aromatic heterocycles. The summed E-state index contributed by atoms with van der Waals surface area (Å²) in [4.78, 5) is 32.4. The summed E-state index contributed by atoms with van der Waals surface area (Å²) in [6, 6.07) is 22.0. The van der Waals surface area contributed by atoms with Crippen LogP contribution in [0.1, 0.15) is 28.3 Å². The summed E-state index contributed by atoms with van der Waals surface area (Å²) in [6.07, 6.45) is -2.90. The van der Waals surface area contributed by atoms with Crippen LogP contribution in [0.2, 0.25) is 5.02 Å². The second kappa shape index (κ2) is 10.6. The second-order valence-corrected chi connectivity index (χ2v) is 10.5. The molecule has 3 heterocycles. The molecule has 5 aromatic rings. The monoisotopic (exact) mass is 589 g/mol. The van der Waals surface area contributed by atoms with Crippen LogP contribution >= 0.6 is 11.6 Å². The predicted octanol–water partition coefficient (Wildman–Crippen LogP) is 6.97. The number of aromatic nitrogens is 2. The lowest BCUT2D eigenvalue weighted by atomic mass is 9.93. The fourth-order valence-corrected chi connectivity index (χ4v) is 5.88. The minimum absolute atomic E-state index is 0.0684. The number of halogens is 4. The maximum Gasteiger partial charge on any atom is 0.416 e. The fourth-order valence-electron chi connectivity index (χ4n) is 5.63. The largest absolute Gasteiger partial charge is 0.480 e. The van der Waals surface area contributed by atoms with Crippen molar-refractivity contribution in [3.05, 3.63) is 129 Å². The van der Waals surface area contributed by atoms with Gasteiger partial charge in [-0.2, -0.15) is 13.2 Å². The lowest BCUT2D eigenvalue weighted by Gasteiger charge is -2.25. The maximum atomic E-state index is 13.9. The number of aliphatic carboxylic acids is 1. The standard InChI is InChI=1S/C32H23ClF3N3O3/c33-27-24(16-22-11-4-9-20-12-6-14-37-28(20)22)26(21-10-5-13-23(15-21)32(34,35)36)29-38(17-19-7-2-1-3-8-19)18-25(31(41)42)39(29)30(27)40/h1-15,25H,16-18H2,(H,41,42). The summed E-state index contributed by atoms with van der Waals surface area (Å²) < 4.78 is 42.7. The molecule has 0 radical (unpaired) electrons. The van der Waals surface area contributed by atoms with E-state index in [1.807, 2.05) is 54.6 Å². The molecule has 0 spiro atoms. The quantitative estimate of drug-likeness (QED) is 0.231. The van der Waals surface area contributed by atoms with Crippen LogP contribution in [0.4, 0.5) is 19.0 Å². The Labute approximate surface area is 243 Å². The van der Waals surface area contributed by atoms with Crippen LogP contribution in [0.3, 0.4) is 0 Å². The number of alkyl halides is 3. The third-order valence-corrected chi connectivity index (χ3v) is 7.88. The molecule has 0 amide bonds. The number of nitrogens with zero attached hydrogens (tertiary/aromatic N) is 3. The van der Waals surface area contributed by atoms with Crippen molar-refractivity contribution in [3.8, 4) is 11.1 Å². The smallest absolute Gasteiger partial charge is 0.416 e. The van der Waals surface area contributed by atoms with Crippen molar-refractivity contribution in [1.29, 1.82) is 0 Å². The Hall–Kier alpha value is -4.63. The molecule has 1 N–H and O–H groups in total. The van der Waals surface area contributed by atoms with E-state index in [0.29, 0.717) is 11.1 Å². The summed E-state index contributed by atoms with van der Waals surface area (Å²) >= 11 is 6.75. The average Bonchev–Trinajstić information content (AvgIpc) is 3.35. The number of para-hydroxylation sites is 1. The van der Waals surface area contributed by atoms with Crippen LogP contribution in [-0.2, 0) is 23.9 Å². The summed E-state index contributed by atoms with van der Waals surface area (Å²) in [5.41, 5.74) is 1.38. The van der Waals surface area contributed by atoms with Gasteiger partial charge in [0.1, 0.15) is 10.8 Å². The van der Waals surface area contributed by atoms with Gasteiger partial charge in [0.25, 0.3) is 5.56 Å². The molecule has 1 aliphatic rings. The Balaban J connectivity index is 1.66. The van der Waals surface area contributed by atoms with Crippen molar-refractivity contribution in [3.63, 3.8) is 0 Å². The van der Waals surface area contributed by atoms with Gasteiger partial charge >= 0.3 is 12.1 Å². The van der Waals surface area contributed by atoms with E-state index in [1.165, 1.54) is 12.1 Å². The lowest BCUT2D eigenvalue weighted by Crippen LogP contribution is -2.29. The molecule has 0 saturated heterocycles. The van der Waals surface area contributed by atoms with Gasteiger partial charge in [-0.3, -0.25) is 14.3 Å². The topological polar surface area (TPSA) is 75.4 Å². The summed E-state index contributed by atoms with van der Waals surface area (Å²) in [6.45, 7) is 0.161. The number of carbonyl (C=O) groups is 1. The van der Waals surface area contributed by atoms with Crippen molar-refractivity contribution in [2.75, 3.05) is 11.4 Å². The Bertz CT molecular complexity index is 1880. The molecule has 1 aliphatic heterocycles. The van der Waals surface area contributed by atoms with E-state index < -0.39 is 29.3 Å². The maximum absolute atomic E-state index is 13.9. The van der Waals surface area contributed by atoms with Crippen molar-refractivity contribution in [2.45, 2.75) is 25.2 Å². The third kappa shape index (κ3) is 4.90. The van der Waals surface area contributed by atoms with E-state index in [1.54, 1.807) is 17.2 Å². The zero-order chi connectivity index (χ0) is 29.6. The van der Waals surface area contributed by atoms with Gasteiger partial charge in [-0.25, -0.2) is 4.79 Å². The second-order valence-electron chi connectivity index (χ2n) is 10.1. The Morgan fingerprint density at radius 2 is 1.74 bits per heavy atom. The first-order valence-corrected chi connectivity index (χ1v) is 13.5. The first-order chi connectivity index (χ1) is 20.1. The van der Waals surface area contributed by atoms with Crippen molar-refractivity contribution in [2.24, 2.45) is 0 Å². The van der Waals surface area contributed by atoms with Gasteiger partial charge in [-0.1, -0.05) is 78.3 Å². The molecule has 0 saturated carbocycles. The van der Waals surface area contributed by atoms with Gasteiger partial charge in [0.15, 0.2) is 6.04 Å². The van der Waals surface area contributed by atoms with Crippen molar-refractivity contribution < 1.29 is 23.1 Å². The molecule has 0 fully saturated rings. The molecule has 3 aromatic carbocycles. The highest BCUT2D eigenvalue weighted by Gasteiger charge is 2.39. The SMILES string of the molecule is O=C(O)C1CN(Cc2ccccc2)c2c(-c3cccc(C(F)(F)F)c3)c(Cc3cccc4cccnc34)c(Cl)c(=O)n21. The molecule has 6 rings (SSSR count). The molecule has 212 valence electrons. The zero-order valence-corrected chi connectivity index (χ0v) is 22.7. The summed E-state index contributed by atoms with van der Waals surface area (Å²) in [7, 11) is 0. The molecule has 10 heteroatoms. The number of benzene rings is 3. The highest BCUT2D eigenvalue weighted by molar-refractivity contribution is 6.32. The predicted molar refractivity (Wildman–Crippen MR) is 155 cm³/mol. The lowest BCUT2D eigenvalue weighted by molar-refractivity contribution is -0.140. The van der Waals surface area contributed by atoms with Gasteiger partial charge in [0.05, 0.1) is 17.6 Å². The Kier molecular flexibility index (Phi) is 6.98. The zero-order valence-electron chi connectivity index (χ0n) is 22.0. The number of hydrogen-bond acceptors (Lipinski definition) is 4. The molecule has 6 nitrogen and oxygen atoms in total. The highest BCUT2D eigenvalue weighted by Crippen LogP contribution is 2.44. The molecule has 0 aliphatic carbocycles. The van der Waals surface area contributed by atoms with Crippen LogP contribution in [0.5, 0.6) is 0 Å². The van der Waals surface area contributed by atoms with Gasteiger partial charge in [0.2, 0.25) is 0 Å². The van der Waals surface area contributed by atoms with Crippen molar-refractivity contribution >= 4 is 34.3 Å². The normalized spacial score (nSPS) is 14.8. The summed E-state index contributed by atoms with van der Waals surface area (Å²) in [5, 5.41) is 10.7. The van der Waals surface area contributed by atoms with E-state index >= 15 is 0 Å². The van der Waals surface area contributed by atoms with Crippen LogP contribution in [0, 0.1) is 0 Å². The number of anilines is 1. The molecule has 1 unspecified atom stereocenters. The molecule has 0 bridgehead atoms. The van der Waals surface area contributed by atoms with E-state index in [0.717, 1.165) is 33.2 Å². The number of fused-ring (bicyclic) bond motifs is 2. The first-order valence-electron chi connectivity index (χ1n) is 13.1. The Morgan fingerprint density at radius 1 is 1.00 bits per heavy atom. The molecular weight excluding hydrogens is 567 g/mol. The van der Waals surface area contributed by atoms with Crippen LogP contribution in [0.15, 0.2) is 95.9 Å². The molecule has 1 atom stereocenters. The fraction of sp³-hybridized carbons (Fsp3) is 0.156. The van der Waals surface area contributed by atoms with Gasteiger partial charge in [-0.15, -0.1) is 0 Å². The van der Waals surface area contributed by atoms with E-state index in [4.69, 9.17) is 11.6 Å². The van der Waals surface area contributed by atoms with E-state index in [-0.39, 0.29) is 41.5 Å². The number of pyridine rings is 2. The highest BCUT2D eigenvalue weighted by atomic mass is 35.5. The number of rotatable bonds is 6. The minimum Gasteiger partial charge on any atom is -0.480 e. The van der Waals surface area contributed by atoms with Gasteiger partial charge in [0, 0.05) is 30.1 Å². The number of carboxylic acids is 1. The van der Waals surface area contributed by atoms with Gasteiger partial charge < -0.3 is 10.0 Å². The number of carboxylic acid groups (broad SMARTS) is 1. The van der Waals surface area contributed by atoms with Crippen LogP contribution in [0.25, 0.3) is 22.0 Å². The summed E-state index contributed by atoms with van der Waals surface area (Å²) in [5.74, 6) is -1.03. The molecule has 42 heavy (non-hydrogen) atoms. The Morgan fingerprint density at radius 3 is 2.48 bits per heavy atom. The van der Waals surface area contributed by atoms with Crippen molar-refractivity contribution in [1.82, 2.24) is 9.55 Å². The van der Waals surface area contributed by atoms with Crippen LogP contribution < -0.4 is 10.5 Å². The van der Waals surface area contributed by atoms with Gasteiger partial charge in [-0.05, 0) is 40.5 Å². The van der Waals surface area contributed by atoms with E-state index in [9.17, 15) is 27.9 Å². The first kappa shape index (κ1) is 27.5. The van der Waals surface area contributed by atoms with E-state index in [2.05, 4.69) is 4.98 Å². The minimum atomic E-state index is -4.62. The third-order valence-electron chi connectivity index (χ3n) is 7.49.